The Balaban J connectivity index is 1.28. The molecule has 0 radical (unpaired) electrons. The number of fused-ring (bicyclic) bond motifs is 2. The number of benzene rings is 3. The van der Waals surface area contributed by atoms with E-state index in [0.717, 1.165) is 68.7 Å². The van der Waals surface area contributed by atoms with E-state index in [-0.39, 0.29) is 0 Å². The van der Waals surface area contributed by atoms with Gasteiger partial charge in [-0.1, -0.05) is 36.4 Å². The molecule has 1 aliphatic heterocycles. The van der Waals surface area contributed by atoms with Crippen molar-refractivity contribution in [2.45, 2.75) is 31.8 Å². The summed E-state index contributed by atoms with van der Waals surface area (Å²) in [6, 6.07) is 19.6. The number of rotatable bonds is 11. The van der Waals surface area contributed by atoms with Gasteiger partial charge in [0.05, 0.1) is 19.7 Å². The Bertz CT molecular complexity index is 1400. The molecule has 0 amide bonds. The maximum absolute atomic E-state index is 5.58. The SMILES string of the molecule is COc1cc2nc(NCCCN(C)C)nc(NC3CCN(Cc4ccc5ccccc5c4)CC3)c2cc1OC. The Morgan fingerprint density at radius 3 is 2.41 bits per heavy atom. The van der Waals surface area contributed by atoms with Crippen molar-refractivity contribution in [3.63, 3.8) is 0 Å². The number of likely N-dealkylation sites (tertiary alicyclic amines) is 1. The highest BCUT2D eigenvalue weighted by atomic mass is 16.5. The van der Waals surface area contributed by atoms with Crippen LogP contribution in [-0.4, -0.2) is 80.3 Å². The third-order valence-electron chi connectivity index (χ3n) is 7.41. The van der Waals surface area contributed by atoms with Gasteiger partial charge in [-0.15, -0.1) is 0 Å². The van der Waals surface area contributed by atoms with Crippen LogP contribution in [0.2, 0.25) is 0 Å². The molecular weight excluding hydrogens is 488 g/mol. The quantitative estimate of drug-likeness (QED) is 0.256. The lowest BCUT2D eigenvalue weighted by atomic mass is 10.0. The van der Waals surface area contributed by atoms with E-state index in [1.807, 2.05) is 12.1 Å². The van der Waals surface area contributed by atoms with E-state index < -0.39 is 0 Å². The number of nitrogens with one attached hydrogen (secondary N) is 2. The van der Waals surface area contributed by atoms with E-state index in [0.29, 0.717) is 23.5 Å². The van der Waals surface area contributed by atoms with Crippen LogP contribution in [0.1, 0.15) is 24.8 Å². The van der Waals surface area contributed by atoms with Crippen LogP contribution in [0.25, 0.3) is 21.7 Å². The van der Waals surface area contributed by atoms with Crippen LogP contribution in [0, 0.1) is 0 Å². The van der Waals surface area contributed by atoms with Gasteiger partial charge in [0.2, 0.25) is 5.95 Å². The molecule has 2 heterocycles. The summed E-state index contributed by atoms with van der Waals surface area (Å²) in [5.74, 6) is 2.80. The second-order valence-corrected chi connectivity index (χ2v) is 10.6. The van der Waals surface area contributed by atoms with Gasteiger partial charge in [-0.25, -0.2) is 4.98 Å². The number of hydrogen-bond acceptors (Lipinski definition) is 8. The van der Waals surface area contributed by atoms with Crippen LogP contribution in [0.15, 0.2) is 54.6 Å². The number of hydrogen-bond donors (Lipinski definition) is 2. The lowest BCUT2D eigenvalue weighted by Crippen LogP contribution is -2.38. The topological polar surface area (TPSA) is 74.8 Å². The van der Waals surface area contributed by atoms with Gasteiger partial charge in [-0.3, -0.25) is 4.90 Å². The molecule has 0 spiro atoms. The monoisotopic (exact) mass is 528 g/mol. The molecule has 1 fully saturated rings. The van der Waals surface area contributed by atoms with E-state index in [1.54, 1.807) is 14.2 Å². The van der Waals surface area contributed by atoms with Gasteiger partial charge in [-0.2, -0.15) is 4.98 Å². The minimum atomic E-state index is 0.339. The van der Waals surface area contributed by atoms with Crippen LogP contribution in [-0.2, 0) is 6.54 Å². The van der Waals surface area contributed by atoms with Gasteiger partial charge >= 0.3 is 0 Å². The van der Waals surface area contributed by atoms with Crippen LogP contribution in [0.3, 0.4) is 0 Å². The third kappa shape index (κ3) is 6.69. The molecule has 5 rings (SSSR count). The number of methoxy groups -OCH3 is 2. The standard InChI is InChI=1S/C31H40N6O2/c1-36(2)15-7-14-32-31-34-27-20-29(39-4)28(38-3)19-26(27)30(35-31)33-25-12-16-37(17-13-25)21-22-10-11-23-8-5-6-9-24(23)18-22/h5-6,8-11,18-20,25H,7,12-17,21H2,1-4H3,(H2,32,33,34,35). The molecule has 1 aromatic heterocycles. The highest BCUT2D eigenvalue weighted by Gasteiger charge is 2.22. The van der Waals surface area contributed by atoms with Crippen LogP contribution in [0.4, 0.5) is 11.8 Å². The summed E-state index contributed by atoms with van der Waals surface area (Å²) in [7, 11) is 7.47. The Morgan fingerprint density at radius 2 is 1.67 bits per heavy atom. The molecule has 1 aliphatic rings. The number of aromatic nitrogens is 2. The Hall–Kier alpha value is -3.62. The first-order valence-corrected chi connectivity index (χ1v) is 13.8. The fourth-order valence-electron chi connectivity index (χ4n) is 5.26. The normalized spacial score (nSPS) is 14.7. The van der Waals surface area contributed by atoms with Gasteiger partial charge < -0.3 is 25.0 Å². The minimum Gasteiger partial charge on any atom is -0.493 e. The Morgan fingerprint density at radius 1 is 0.923 bits per heavy atom. The van der Waals surface area contributed by atoms with Gasteiger partial charge in [0.25, 0.3) is 0 Å². The maximum atomic E-state index is 5.58. The van der Waals surface area contributed by atoms with E-state index in [1.165, 1.54) is 16.3 Å². The van der Waals surface area contributed by atoms with Crippen molar-refractivity contribution in [3.05, 3.63) is 60.2 Å². The zero-order valence-electron chi connectivity index (χ0n) is 23.5. The first kappa shape index (κ1) is 27.0. The first-order valence-electron chi connectivity index (χ1n) is 13.8. The molecule has 4 aromatic rings. The molecule has 2 N–H and O–H groups in total. The highest BCUT2D eigenvalue weighted by molar-refractivity contribution is 5.93. The van der Waals surface area contributed by atoms with Crippen molar-refractivity contribution in [3.8, 4) is 11.5 Å². The van der Waals surface area contributed by atoms with Crippen LogP contribution >= 0.6 is 0 Å². The molecular formula is C31H40N6O2. The van der Waals surface area contributed by atoms with E-state index in [4.69, 9.17) is 19.4 Å². The number of ether oxygens (including phenoxy) is 2. The van der Waals surface area contributed by atoms with Gasteiger partial charge in [-0.05, 0) is 68.4 Å². The van der Waals surface area contributed by atoms with Crippen molar-refractivity contribution in [2.24, 2.45) is 0 Å². The van der Waals surface area contributed by atoms with Gasteiger partial charge in [0.15, 0.2) is 11.5 Å². The zero-order chi connectivity index (χ0) is 27.2. The maximum Gasteiger partial charge on any atom is 0.225 e. The minimum absolute atomic E-state index is 0.339. The van der Waals surface area contributed by atoms with Gasteiger partial charge in [0.1, 0.15) is 5.82 Å². The number of anilines is 2. The fraction of sp³-hybridized carbons (Fsp3) is 0.419. The van der Waals surface area contributed by atoms with Crippen LogP contribution in [0.5, 0.6) is 11.5 Å². The zero-order valence-corrected chi connectivity index (χ0v) is 23.5. The van der Waals surface area contributed by atoms with Crippen LogP contribution < -0.4 is 20.1 Å². The molecule has 0 aliphatic carbocycles. The first-order chi connectivity index (χ1) is 19.0. The average Bonchev–Trinajstić information content (AvgIpc) is 2.95. The van der Waals surface area contributed by atoms with Crippen molar-refractivity contribution >= 4 is 33.4 Å². The van der Waals surface area contributed by atoms with E-state index in [2.05, 4.69) is 77.0 Å². The molecule has 0 saturated carbocycles. The molecule has 206 valence electrons. The second-order valence-electron chi connectivity index (χ2n) is 10.6. The largest absolute Gasteiger partial charge is 0.493 e. The molecule has 1 saturated heterocycles. The second kappa shape index (κ2) is 12.5. The number of piperidine rings is 1. The summed E-state index contributed by atoms with van der Waals surface area (Å²) in [4.78, 5) is 14.4. The summed E-state index contributed by atoms with van der Waals surface area (Å²) in [6.45, 7) is 4.88. The summed E-state index contributed by atoms with van der Waals surface area (Å²) >= 11 is 0. The molecule has 0 unspecified atom stereocenters. The predicted octanol–water partition coefficient (Wildman–Crippen LogP) is 5.24. The van der Waals surface area contributed by atoms with Crippen molar-refractivity contribution in [2.75, 3.05) is 65.1 Å². The Kier molecular flexibility index (Phi) is 8.64. The molecule has 8 nitrogen and oxygen atoms in total. The van der Waals surface area contributed by atoms with Crippen molar-refractivity contribution < 1.29 is 9.47 Å². The fourth-order valence-corrected chi connectivity index (χ4v) is 5.26. The van der Waals surface area contributed by atoms with Gasteiger partial charge in [0, 0.05) is 43.7 Å². The molecule has 8 heteroatoms. The van der Waals surface area contributed by atoms with Crippen molar-refractivity contribution in [1.29, 1.82) is 0 Å². The smallest absolute Gasteiger partial charge is 0.225 e. The van der Waals surface area contributed by atoms with E-state index in [9.17, 15) is 0 Å². The average molecular weight is 529 g/mol. The Labute approximate surface area is 231 Å². The lowest BCUT2D eigenvalue weighted by molar-refractivity contribution is 0.211. The number of nitrogens with zero attached hydrogens (tertiary/aromatic N) is 4. The summed E-state index contributed by atoms with van der Waals surface area (Å²) < 4.78 is 11.1. The molecule has 0 bridgehead atoms. The van der Waals surface area contributed by atoms with E-state index >= 15 is 0 Å². The summed E-state index contributed by atoms with van der Waals surface area (Å²) in [6.07, 6.45) is 3.12. The summed E-state index contributed by atoms with van der Waals surface area (Å²) in [5.41, 5.74) is 2.20. The predicted molar refractivity (Wildman–Crippen MR) is 160 cm³/mol. The third-order valence-corrected chi connectivity index (χ3v) is 7.41. The molecule has 0 atom stereocenters. The highest BCUT2D eigenvalue weighted by Crippen LogP contribution is 2.35. The van der Waals surface area contributed by atoms with Crippen molar-refractivity contribution in [1.82, 2.24) is 19.8 Å². The summed E-state index contributed by atoms with van der Waals surface area (Å²) in [5, 5.41) is 10.7. The molecule has 39 heavy (non-hydrogen) atoms. The lowest BCUT2D eigenvalue weighted by Gasteiger charge is -2.33. The molecule has 3 aromatic carbocycles.